The molecule has 0 aliphatic heterocycles. The van der Waals surface area contributed by atoms with Crippen molar-refractivity contribution in [2.24, 2.45) is 0 Å². The van der Waals surface area contributed by atoms with Crippen molar-refractivity contribution in [1.82, 2.24) is 5.32 Å². The van der Waals surface area contributed by atoms with Crippen LogP contribution in [-0.2, 0) is 16.6 Å². The molecule has 1 aliphatic carbocycles. The molecule has 4 nitrogen and oxygen atoms in total. The van der Waals surface area contributed by atoms with Crippen molar-refractivity contribution in [1.29, 1.82) is 0 Å². The molecule has 0 unspecified atom stereocenters. The van der Waals surface area contributed by atoms with Crippen LogP contribution in [0.4, 0.5) is 0 Å². The van der Waals surface area contributed by atoms with Crippen LogP contribution in [0.15, 0.2) is 48.5 Å². The Morgan fingerprint density at radius 1 is 1.12 bits per heavy atom. The highest BCUT2D eigenvalue weighted by Gasteiger charge is 2.44. The zero-order chi connectivity index (χ0) is 17.2. The van der Waals surface area contributed by atoms with Crippen molar-refractivity contribution in [3.8, 4) is 0 Å². The van der Waals surface area contributed by atoms with Crippen LogP contribution in [0, 0.1) is 0 Å². The van der Waals surface area contributed by atoms with E-state index in [-0.39, 0.29) is 23.3 Å². The lowest BCUT2D eigenvalue weighted by atomic mass is 9.96. The summed E-state index contributed by atoms with van der Waals surface area (Å²) in [6.07, 6.45) is 2.33. The van der Waals surface area contributed by atoms with Crippen LogP contribution in [-0.4, -0.2) is 23.5 Å². The van der Waals surface area contributed by atoms with Gasteiger partial charge in [-0.05, 0) is 48.2 Å². The van der Waals surface area contributed by atoms with E-state index in [0.717, 1.165) is 18.4 Å². The molecule has 0 spiro atoms. The summed E-state index contributed by atoms with van der Waals surface area (Å²) in [6, 6.07) is 14.2. The van der Waals surface area contributed by atoms with Crippen molar-refractivity contribution in [3.63, 3.8) is 0 Å². The Morgan fingerprint density at radius 3 is 2.42 bits per heavy atom. The Hall–Kier alpha value is -2.33. The van der Waals surface area contributed by atoms with Gasteiger partial charge in [0.25, 0.3) is 0 Å². The lowest BCUT2D eigenvalue weighted by Gasteiger charge is -2.17. The van der Waals surface area contributed by atoms with Crippen molar-refractivity contribution in [2.45, 2.75) is 24.7 Å². The standard InChI is InChI=1S/C19H18ClNO3/c20-16-3-1-2-15(11-16)19(8-9-19)12-21-17(22)10-13-4-6-14(7-5-13)18(23)24/h1-7,11H,8-10,12H2,(H,21,22)(H,23,24). The molecule has 0 heterocycles. The number of carbonyl (C=O) groups is 2. The van der Waals surface area contributed by atoms with Gasteiger partial charge in [0.1, 0.15) is 0 Å². The highest BCUT2D eigenvalue weighted by Crippen LogP contribution is 2.48. The van der Waals surface area contributed by atoms with Gasteiger partial charge in [0.15, 0.2) is 0 Å². The van der Waals surface area contributed by atoms with Crippen LogP contribution in [0.25, 0.3) is 0 Å². The molecule has 3 rings (SSSR count). The first kappa shape index (κ1) is 16.5. The summed E-state index contributed by atoms with van der Waals surface area (Å²) < 4.78 is 0. The lowest BCUT2D eigenvalue weighted by molar-refractivity contribution is -0.120. The monoisotopic (exact) mass is 343 g/mol. The molecule has 1 aliphatic rings. The number of aromatic carboxylic acids is 1. The zero-order valence-corrected chi connectivity index (χ0v) is 13.8. The number of carboxylic acid groups (broad SMARTS) is 1. The second kappa shape index (κ2) is 6.65. The van der Waals surface area contributed by atoms with Crippen molar-refractivity contribution >= 4 is 23.5 Å². The lowest BCUT2D eigenvalue weighted by Crippen LogP contribution is -2.33. The Balaban J connectivity index is 1.57. The SMILES string of the molecule is O=C(Cc1ccc(C(=O)O)cc1)NCC1(c2cccc(Cl)c2)CC1. The number of hydrogen-bond acceptors (Lipinski definition) is 2. The van der Waals surface area contributed by atoms with Gasteiger partial charge >= 0.3 is 5.97 Å². The van der Waals surface area contributed by atoms with E-state index < -0.39 is 5.97 Å². The molecule has 0 bridgehead atoms. The number of benzene rings is 2. The summed E-state index contributed by atoms with van der Waals surface area (Å²) in [7, 11) is 0. The van der Waals surface area contributed by atoms with Crippen LogP contribution in [0.3, 0.4) is 0 Å². The molecule has 0 saturated heterocycles. The molecule has 0 aromatic heterocycles. The first-order valence-corrected chi connectivity index (χ1v) is 8.21. The summed E-state index contributed by atoms with van der Waals surface area (Å²) in [4.78, 5) is 23.0. The largest absolute Gasteiger partial charge is 0.478 e. The summed E-state index contributed by atoms with van der Waals surface area (Å²) in [5.41, 5.74) is 2.19. The van der Waals surface area contributed by atoms with Crippen LogP contribution in [0.1, 0.15) is 34.3 Å². The first-order chi connectivity index (χ1) is 11.5. The van der Waals surface area contributed by atoms with Crippen molar-refractivity contribution in [2.75, 3.05) is 6.54 Å². The summed E-state index contributed by atoms with van der Waals surface area (Å²) in [5, 5.41) is 12.6. The first-order valence-electron chi connectivity index (χ1n) is 7.83. The fourth-order valence-corrected chi connectivity index (χ4v) is 3.01. The predicted molar refractivity (Wildman–Crippen MR) is 92.5 cm³/mol. The van der Waals surface area contributed by atoms with Gasteiger partial charge in [-0.15, -0.1) is 0 Å². The van der Waals surface area contributed by atoms with E-state index in [1.54, 1.807) is 12.1 Å². The highest BCUT2D eigenvalue weighted by molar-refractivity contribution is 6.30. The second-order valence-corrected chi connectivity index (χ2v) is 6.68. The van der Waals surface area contributed by atoms with Gasteiger partial charge < -0.3 is 10.4 Å². The topological polar surface area (TPSA) is 66.4 Å². The maximum atomic E-state index is 12.2. The molecular formula is C19H18ClNO3. The fraction of sp³-hybridized carbons (Fsp3) is 0.263. The Bertz CT molecular complexity index is 766. The molecule has 5 heteroatoms. The van der Waals surface area contributed by atoms with E-state index in [1.165, 1.54) is 17.7 Å². The quantitative estimate of drug-likeness (QED) is 0.844. The van der Waals surface area contributed by atoms with Gasteiger partial charge in [-0.3, -0.25) is 4.79 Å². The van der Waals surface area contributed by atoms with Gasteiger partial charge in [0.2, 0.25) is 5.91 Å². The van der Waals surface area contributed by atoms with E-state index in [0.29, 0.717) is 11.6 Å². The molecule has 1 saturated carbocycles. The van der Waals surface area contributed by atoms with E-state index >= 15 is 0 Å². The molecule has 2 aromatic carbocycles. The van der Waals surface area contributed by atoms with Crippen LogP contribution in [0.5, 0.6) is 0 Å². The van der Waals surface area contributed by atoms with Gasteiger partial charge in [-0.1, -0.05) is 35.9 Å². The molecule has 124 valence electrons. The maximum absolute atomic E-state index is 12.2. The van der Waals surface area contributed by atoms with Gasteiger partial charge in [-0.2, -0.15) is 0 Å². The van der Waals surface area contributed by atoms with E-state index in [1.807, 2.05) is 18.2 Å². The third-order valence-corrected chi connectivity index (χ3v) is 4.72. The number of carbonyl (C=O) groups excluding carboxylic acids is 1. The minimum Gasteiger partial charge on any atom is -0.478 e. The number of carboxylic acids is 1. The normalized spacial score (nSPS) is 14.9. The smallest absolute Gasteiger partial charge is 0.335 e. The number of nitrogens with one attached hydrogen (secondary N) is 1. The minimum atomic E-state index is -0.969. The fourth-order valence-electron chi connectivity index (χ4n) is 2.82. The molecule has 2 N–H and O–H groups in total. The number of amides is 1. The third-order valence-electron chi connectivity index (χ3n) is 4.48. The van der Waals surface area contributed by atoms with Gasteiger partial charge in [0.05, 0.1) is 12.0 Å². The second-order valence-electron chi connectivity index (χ2n) is 6.25. The summed E-state index contributed by atoms with van der Waals surface area (Å²) >= 11 is 6.05. The van der Waals surface area contributed by atoms with Gasteiger partial charge in [-0.25, -0.2) is 4.79 Å². The number of halogens is 1. The Kier molecular flexibility index (Phi) is 4.58. The number of rotatable bonds is 6. The molecule has 1 fully saturated rings. The van der Waals surface area contributed by atoms with E-state index in [9.17, 15) is 9.59 Å². The average molecular weight is 344 g/mol. The van der Waals surface area contributed by atoms with Crippen molar-refractivity contribution < 1.29 is 14.7 Å². The minimum absolute atomic E-state index is 0.00766. The molecule has 0 atom stereocenters. The van der Waals surface area contributed by atoms with Crippen LogP contribution < -0.4 is 5.32 Å². The maximum Gasteiger partial charge on any atom is 0.335 e. The molecule has 1 amide bonds. The molecular weight excluding hydrogens is 326 g/mol. The van der Waals surface area contributed by atoms with Crippen molar-refractivity contribution in [3.05, 3.63) is 70.2 Å². The Labute approximate surface area is 145 Å². The molecule has 2 aromatic rings. The zero-order valence-electron chi connectivity index (χ0n) is 13.1. The average Bonchev–Trinajstić information content (AvgIpc) is 3.35. The third kappa shape index (κ3) is 3.77. The van der Waals surface area contributed by atoms with Crippen LogP contribution >= 0.6 is 11.6 Å². The number of hydrogen-bond donors (Lipinski definition) is 2. The molecule has 24 heavy (non-hydrogen) atoms. The van der Waals surface area contributed by atoms with Gasteiger partial charge in [0, 0.05) is 17.0 Å². The summed E-state index contributed by atoms with van der Waals surface area (Å²) in [5.74, 6) is -1.03. The highest BCUT2D eigenvalue weighted by atomic mass is 35.5. The predicted octanol–water partition coefficient (Wildman–Crippen LogP) is 3.43. The van der Waals surface area contributed by atoms with E-state index in [2.05, 4.69) is 11.4 Å². The molecule has 0 radical (unpaired) electrons. The van der Waals surface area contributed by atoms with E-state index in [4.69, 9.17) is 16.7 Å². The van der Waals surface area contributed by atoms with Crippen LogP contribution in [0.2, 0.25) is 5.02 Å². The Morgan fingerprint density at radius 2 is 1.83 bits per heavy atom. The summed E-state index contributed by atoms with van der Waals surface area (Å²) in [6.45, 7) is 0.597.